The summed E-state index contributed by atoms with van der Waals surface area (Å²) in [5.74, 6) is -0.332. The molecule has 16 heavy (non-hydrogen) atoms. The second kappa shape index (κ2) is 4.93. The molecule has 5 heteroatoms. The van der Waals surface area contributed by atoms with Crippen LogP contribution in [0.3, 0.4) is 0 Å². The molecule has 0 saturated carbocycles. The van der Waals surface area contributed by atoms with E-state index in [4.69, 9.17) is 0 Å². The molecule has 1 saturated heterocycles. The summed E-state index contributed by atoms with van der Waals surface area (Å²) < 4.78 is 13.4. The van der Waals surface area contributed by atoms with E-state index in [0.717, 1.165) is 13.0 Å². The maximum absolute atomic E-state index is 12.8. The van der Waals surface area contributed by atoms with E-state index >= 15 is 0 Å². The minimum absolute atomic E-state index is 0.0111. The maximum atomic E-state index is 12.8. The number of nitrogens with one attached hydrogen (secondary N) is 2. The minimum Gasteiger partial charge on any atom is -0.325 e. The minimum atomic E-state index is -0.326. The third kappa shape index (κ3) is 2.59. The van der Waals surface area contributed by atoms with E-state index in [1.165, 1.54) is 12.1 Å². The lowest BCUT2D eigenvalue weighted by atomic mass is 10.1. The number of hydrogen-bond donors (Lipinski definition) is 2. The zero-order chi connectivity index (χ0) is 11.5. The fraction of sp³-hybridized carbons (Fsp3) is 0.364. The molecule has 0 aliphatic carbocycles. The van der Waals surface area contributed by atoms with Gasteiger partial charge in [-0.25, -0.2) is 4.39 Å². The molecule has 0 radical (unpaired) electrons. The second-order valence-corrected chi connectivity index (χ2v) is 4.66. The molecule has 2 N–H and O–H groups in total. The van der Waals surface area contributed by atoms with Gasteiger partial charge in [0.25, 0.3) is 0 Å². The van der Waals surface area contributed by atoms with Crippen molar-refractivity contribution in [2.75, 3.05) is 18.4 Å². The summed E-state index contributed by atoms with van der Waals surface area (Å²) in [4.78, 5) is 11.8. The summed E-state index contributed by atoms with van der Waals surface area (Å²) in [5, 5.41) is 5.92. The maximum Gasteiger partial charge on any atom is 0.228 e. The molecule has 1 aromatic carbocycles. The first-order valence-corrected chi connectivity index (χ1v) is 5.93. The highest BCUT2D eigenvalue weighted by atomic mass is 79.9. The Morgan fingerprint density at radius 2 is 2.38 bits per heavy atom. The fourth-order valence-corrected chi connectivity index (χ4v) is 2.15. The predicted octanol–water partition coefficient (Wildman–Crippen LogP) is 2.14. The Kier molecular flexibility index (Phi) is 3.56. The third-order valence-electron chi connectivity index (χ3n) is 2.62. The van der Waals surface area contributed by atoms with E-state index in [2.05, 4.69) is 26.6 Å². The van der Waals surface area contributed by atoms with Crippen LogP contribution in [0.1, 0.15) is 6.42 Å². The van der Waals surface area contributed by atoms with Crippen molar-refractivity contribution in [2.24, 2.45) is 5.92 Å². The number of carbonyl (C=O) groups is 1. The molecule has 1 heterocycles. The summed E-state index contributed by atoms with van der Waals surface area (Å²) in [5.41, 5.74) is 0.610. The van der Waals surface area contributed by atoms with Crippen molar-refractivity contribution in [3.8, 4) is 0 Å². The number of anilines is 1. The van der Waals surface area contributed by atoms with E-state index < -0.39 is 0 Å². The molecule has 3 nitrogen and oxygen atoms in total. The first kappa shape index (κ1) is 11.5. The molecule has 0 bridgehead atoms. The van der Waals surface area contributed by atoms with E-state index in [0.29, 0.717) is 16.7 Å². The van der Waals surface area contributed by atoms with Gasteiger partial charge < -0.3 is 10.6 Å². The van der Waals surface area contributed by atoms with Crippen LogP contribution in [-0.2, 0) is 4.79 Å². The topological polar surface area (TPSA) is 41.1 Å². The summed E-state index contributed by atoms with van der Waals surface area (Å²) >= 11 is 3.21. The predicted molar refractivity (Wildman–Crippen MR) is 63.7 cm³/mol. The van der Waals surface area contributed by atoms with Gasteiger partial charge in [-0.15, -0.1) is 0 Å². The van der Waals surface area contributed by atoms with Crippen LogP contribution < -0.4 is 10.6 Å². The highest BCUT2D eigenvalue weighted by Crippen LogP contribution is 2.24. The molecule has 1 unspecified atom stereocenters. The molecule has 1 atom stereocenters. The Hall–Kier alpha value is -0.940. The SMILES string of the molecule is O=C(Nc1ccc(F)cc1Br)C1CCNC1. The van der Waals surface area contributed by atoms with E-state index in [-0.39, 0.29) is 17.6 Å². The molecule has 1 fully saturated rings. The van der Waals surface area contributed by atoms with Crippen LogP contribution in [-0.4, -0.2) is 19.0 Å². The highest BCUT2D eigenvalue weighted by Gasteiger charge is 2.22. The normalized spacial score (nSPS) is 19.8. The smallest absolute Gasteiger partial charge is 0.228 e. The third-order valence-corrected chi connectivity index (χ3v) is 3.28. The standard InChI is InChI=1S/C11H12BrFN2O/c12-9-5-8(13)1-2-10(9)15-11(16)7-3-4-14-6-7/h1-2,5,7,14H,3-4,6H2,(H,15,16). The van der Waals surface area contributed by atoms with Crippen LogP contribution in [0, 0.1) is 11.7 Å². The van der Waals surface area contributed by atoms with Crippen molar-refractivity contribution in [1.82, 2.24) is 5.32 Å². The van der Waals surface area contributed by atoms with Gasteiger partial charge in [0.1, 0.15) is 5.82 Å². The number of rotatable bonds is 2. The van der Waals surface area contributed by atoms with Gasteiger partial charge in [-0.3, -0.25) is 4.79 Å². The molecular formula is C11H12BrFN2O. The number of amides is 1. The van der Waals surface area contributed by atoms with Gasteiger partial charge in [-0.2, -0.15) is 0 Å². The molecule has 0 aromatic heterocycles. The second-order valence-electron chi connectivity index (χ2n) is 3.80. The monoisotopic (exact) mass is 286 g/mol. The van der Waals surface area contributed by atoms with Gasteiger partial charge in [0, 0.05) is 11.0 Å². The van der Waals surface area contributed by atoms with Gasteiger partial charge in [0.2, 0.25) is 5.91 Å². The van der Waals surface area contributed by atoms with Crippen LogP contribution in [0.2, 0.25) is 0 Å². The summed E-state index contributed by atoms with van der Waals surface area (Å²) in [7, 11) is 0. The zero-order valence-corrected chi connectivity index (χ0v) is 10.2. The van der Waals surface area contributed by atoms with Crippen LogP contribution in [0.25, 0.3) is 0 Å². The molecular weight excluding hydrogens is 275 g/mol. The van der Waals surface area contributed by atoms with Crippen molar-refractivity contribution in [2.45, 2.75) is 6.42 Å². The lowest BCUT2D eigenvalue weighted by Crippen LogP contribution is -2.24. The number of halogens is 2. The van der Waals surface area contributed by atoms with E-state index in [1.807, 2.05) is 0 Å². The summed E-state index contributed by atoms with van der Waals surface area (Å²) in [6, 6.07) is 4.22. The van der Waals surface area contributed by atoms with Gasteiger partial charge in [0.15, 0.2) is 0 Å². The van der Waals surface area contributed by atoms with Crippen LogP contribution in [0.15, 0.2) is 22.7 Å². The first-order valence-electron chi connectivity index (χ1n) is 5.13. The largest absolute Gasteiger partial charge is 0.325 e. The zero-order valence-electron chi connectivity index (χ0n) is 8.59. The molecule has 86 valence electrons. The molecule has 1 aliphatic rings. The molecule has 0 spiro atoms. The molecule has 2 rings (SSSR count). The number of benzene rings is 1. The van der Waals surface area contributed by atoms with Gasteiger partial charge in [-0.05, 0) is 47.1 Å². The highest BCUT2D eigenvalue weighted by molar-refractivity contribution is 9.10. The Bertz CT molecular complexity index is 405. The van der Waals surface area contributed by atoms with Crippen molar-refractivity contribution >= 4 is 27.5 Å². The average Bonchev–Trinajstić information content (AvgIpc) is 2.75. The number of hydrogen-bond acceptors (Lipinski definition) is 2. The number of carbonyl (C=O) groups excluding carboxylic acids is 1. The lowest BCUT2D eigenvalue weighted by Gasteiger charge is -2.11. The quantitative estimate of drug-likeness (QED) is 0.875. The van der Waals surface area contributed by atoms with Crippen molar-refractivity contribution < 1.29 is 9.18 Å². The van der Waals surface area contributed by atoms with Gasteiger partial charge >= 0.3 is 0 Å². The van der Waals surface area contributed by atoms with Crippen molar-refractivity contribution in [3.63, 3.8) is 0 Å². The average molecular weight is 287 g/mol. The Labute approximate surface area is 102 Å². The van der Waals surface area contributed by atoms with Crippen LogP contribution in [0.5, 0.6) is 0 Å². The lowest BCUT2D eigenvalue weighted by molar-refractivity contribution is -0.119. The van der Waals surface area contributed by atoms with Gasteiger partial charge in [0.05, 0.1) is 11.6 Å². The Balaban J connectivity index is 2.05. The van der Waals surface area contributed by atoms with E-state index in [1.54, 1.807) is 6.07 Å². The van der Waals surface area contributed by atoms with Gasteiger partial charge in [-0.1, -0.05) is 0 Å². The summed E-state index contributed by atoms with van der Waals surface area (Å²) in [6.07, 6.45) is 0.852. The Morgan fingerprint density at radius 3 is 3.00 bits per heavy atom. The molecule has 1 aromatic rings. The molecule has 1 amide bonds. The first-order chi connectivity index (χ1) is 7.66. The Morgan fingerprint density at radius 1 is 1.56 bits per heavy atom. The summed E-state index contributed by atoms with van der Waals surface area (Å²) in [6.45, 7) is 1.59. The molecule has 1 aliphatic heterocycles. The van der Waals surface area contributed by atoms with Crippen molar-refractivity contribution in [1.29, 1.82) is 0 Å². The van der Waals surface area contributed by atoms with Crippen LogP contribution >= 0.6 is 15.9 Å². The van der Waals surface area contributed by atoms with Crippen molar-refractivity contribution in [3.05, 3.63) is 28.5 Å². The fourth-order valence-electron chi connectivity index (χ4n) is 1.70. The van der Waals surface area contributed by atoms with Crippen LogP contribution in [0.4, 0.5) is 10.1 Å². The van der Waals surface area contributed by atoms with E-state index in [9.17, 15) is 9.18 Å².